The number of ether oxygens (including phenoxy) is 1. The van der Waals surface area contributed by atoms with Crippen LogP contribution in [0.25, 0.3) is 0 Å². The van der Waals surface area contributed by atoms with E-state index in [0.717, 1.165) is 25.3 Å². The van der Waals surface area contributed by atoms with Gasteiger partial charge in [-0.05, 0) is 33.2 Å². The predicted octanol–water partition coefficient (Wildman–Crippen LogP) is 1.11. The average molecular weight is 348 g/mol. The summed E-state index contributed by atoms with van der Waals surface area (Å²) in [7, 11) is 5.57. The molecule has 1 aromatic carbocycles. The van der Waals surface area contributed by atoms with Gasteiger partial charge in [0.2, 0.25) is 5.91 Å². The van der Waals surface area contributed by atoms with Crippen LogP contribution in [-0.4, -0.2) is 57.6 Å². The lowest BCUT2D eigenvalue weighted by molar-refractivity contribution is -0.111. The van der Waals surface area contributed by atoms with E-state index in [-0.39, 0.29) is 11.9 Å². The maximum Gasteiger partial charge on any atom is 0.247 e. The molecule has 0 saturated heterocycles. The number of nitrogens with zero attached hydrogens (tertiary/aromatic N) is 3. The SMILES string of the molecule is C=CC(=O)Nc1cc(N=C(N)N)c(OC)cc1N(CC)CCN(C)C. The molecule has 0 spiro atoms. The van der Waals surface area contributed by atoms with Crippen LogP contribution in [0.1, 0.15) is 6.92 Å². The lowest BCUT2D eigenvalue weighted by Crippen LogP contribution is -2.32. The third-order valence-electron chi connectivity index (χ3n) is 3.53. The number of benzene rings is 1. The van der Waals surface area contributed by atoms with E-state index in [1.165, 1.54) is 6.08 Å². The first kappa shape index (κ1) is 20.3. The van der Waals surface area contributed by atoms with Crippen molar-refractivity contribution >= 4 is 28.9 Å². The Hall–Kier alpha value is -2.74. The second-order valence-electron chi connectivity index (χ2n) is 5.65. The van der Waals surface area contributed by atoms with Crippen LogP contribution in [0.3, 0.4) is 0 Å². The highest BCUT2D eigenvalue weighted by Crippen LogP contribution is 2.38. The molecule has 8 nitrogen and oxygen atoms in total. The van der Waals surface area contributed by atoms with Gasteiger partial charge in [-0.3, -0.25) is 4.79 Å². The van der Waals surface area contributed by atoms with E-state index in [1.54, 1.807) is 13.2 Å². The van der Waals surface area contributed by atoms with Gasteiger partial charge in [0.1, 0.15) is 11.4 Å². The number of amides is 1. The van der Waals surface area contributed by atoms with Gasteiger partial charge in [-0.1, -0.05) is 6.58 Å². The fraction of sp³-hybridized carbons (Fsp3) is 0.412. The Morgan fingerprint density at radius 2 is 2.04 bits per heavy atom. The number of anilines is 2. The first-order chi connectivity index (χ1) is 11.8. The van der Waals surface area contributed by atoms with Crippen LogP contribution < -0.4 is 26.4 Å². The van der Waals surface area contributed by atoms with Crippen molar-refractivity contribution in [3.63, 3.8) is 0 Å². The van der Waals surface area contributed by atoms with Gasteiger partial charge in [-0.25, -0.2) is 4.99 Å². The number of guanidine groups is 1. The number of hydrogen-bond acceptors (Lipinski definition) is 5. The molecule has 0 aliphatic heterocycles. The molecule has 0 unspecified atom stereocenters. The molecule has 0 aromatic heterocycles. The highest BCUT2D eigenvalue weighted by Gasteiger charge is 2.16. The maximum absolute atomic E-state index is 11.8. The zero-order valence-corrected chi connectivity index (χ0v) is 15.4. The summed E-state index contributed by atoms with van der Waals surface area (Å²) in [6.45, 7) is 7.94. The largest absolute Gasteiger partial charge is 0.494 e. The van der Waals surface area contributed by atoms with E-state index in [0.29, 0.717) is 17.1 Å². The number of methoxy groups -OCH3 is 1. The van der Waals surface area contributed by atoms with Crippen LogP contribution in [0.5, 0.6) is 5.75 Å². The molecule has 5 N–H and O–H groups in total. The Morgan fingerprint density at radius 1 is 1.36 bits per heavy atom. The molecule has 0 saturated carbocycles. The number of rotatable bonds is 9. The summed E-state index contributed by atoms with van der Waals surface area (Å²) in [5, 5.41) is 2.81. The number of aliphatic imine (C=N–C) groups is 1. The summed E-state index contributed by atoms with van der Waals surface area (Å²) < 4.78 is 5.41. The summed E-state index contributed by atoms with van der Waals surface area (Å²) in [4.78, 5) is 20.1. The van der Waals surface area contributed by atoms with Crippen LogP contribution in [0.2, 0.25) is 0 Å². The molecule has 1 aromatic rings. The summed E-state index contributed by atoms with van der Waals surface area (Å²) in [5.74, 6) is 0.112. The number of nitrogens with two attached hydrogens (primary N) is 2. The molecule has 0 bridgehead atoms. The molecule has 0 atom stereocenters. The van der Waals surface area contributed by atoms with Gasteiger partial charge in [0.25, 0.3) is 0 Å². The Kier molecular flexibility index (Phi) is 7.74. The third-order valence-corrected chi connectivity index (χ3v) is 3.53. The molecule has 25 heavy (non-hydrogen) atoms. The van der Waals surface area contributed by atoms with E-state index in [1.807, 2.05) is 27.1 Å². The molecule has 0 fully saturated rings. The Labute approximate surface area is 149 Å². The first-order valence-electron chi connectivity index (χ1n) is 7.97. The van der Waals surface area contributed by atoms with Gasteiger partial charge in [-0.2, -0.15) is 0 Å². The van der Waals surface area contributed by atoms with Crippen LogP contribution in [-0.2, 0) is 4.79 Å². The van der Waals surface area contributed by atoms with Crippen molar-refractivity contribution in [3.8, 4) is 5.75 Å². The fourth-order valence-electron chi connectivity index (χ4n) is 2.26. The minimum absolute atomic E-state index is 0.0907. The number of carbonyl (C=O) groups excluding carboxylic acids is 1. The van der Waals surface area contributed by atoms with Crippen molar-refractivity contribution in [2.24, 2.45) is 16.5 Å². The van der Waals surface area contributed by atoms with Crippen molar-refractivity contribution < 1.29 is 9.53 Å². The molecule has 0 aliphatic rings. The predicted molar refractivity (Wildman–Crippen MR) is 104 cm³/mol. The second-order valence-corrected chi connectivity index (χ2v) is 5.65. The van der Waals surface area contributed by atoms with E-state index in [4.69, 9.17) is 16.2 Å². The monoisotopic (exact) mass is 348 g/mol. The van der Waals surface area contributed by atoms with E-state index in [2.05, 4.69) is 26.7 Å². The smallest absolute Gasteiger partial charge is 0.247 e. The lowest BCUT2D eigenvalue weighted by atomic mass is 10.2. The first-order valence-corrected chi connectivity index (χ1v) is 7.97. The van der Waals surface area contributed by atoms with Crippen molar-refractivity contribution in [3.05, 3.63) is 24.8 Å². The zero-order chi connectivity index (χ0) is 19.0. The highest BCUT2D eigenvalue weighted by atomic mass is 16.5. The van der Waals surface area contributed by atoms with Gasteiger partial charge >= 0.3 is 0 Å². The summed E-state index contributed by atoms with van der Waals surface area (Å²) >= 11 is 0. The Balaban J connectivity index is 3.41. The highest BCUT2D eigenvalue weighted by molar-refractivity contribution is 6.02. The van der Waals surface area contributed by atoms with E-state index in [9.17, 15) is 4.79 Å². The molecule has 0 heterocycles. The van der Waals surface area contributed by atoms with Crippen molar-refractivity contribution in [1.82, 2.24) is 4.90 Å². The molecule has 1 amide bonds. The number of hydrogen-bond donors (Lipinski definition) is 3. The molecule has 8 heteroatoms. The molecule has 1 rings (SSSR count). The molecule has 0 aliphatic carbocycles. The molecular weight excluding hydrogens is 320 g/mol. The minimum Gasteiger partial charge on any atom is -0.494 e. The second kappa shape index (κ2) is 9.53. The normalized spacial score (nSPS) is 10.3. The molecular formula is C17H28N6O2. The minimum atomic E-state index is -0.314. The van der Waals surface area contributed by atoms with Crippen molar-refractivity contribution in [2.75, 3.05) is 51.1 Å². The number of likely N-dealkylation sites (N-methyl/N-ethyl adjacent to an activating group) is 2. The Bertz CT molecular complexity index is 638. The number of nitrogens with one attached hydrogen (secondary N) is 1. The quantitative estimate of drug-likeness (QED) is 0.350. The fourth-order valence-corrected chi connectivity index (χ4v) is 2.26. The summed E-state index contributed by atoms with van der Waals surface area (Å²) in [6, 6.07) is 3.51. The Morgan fingerprint density at radius 3 is 2.52 bits per heavy atom. The van der Waals surface area contributed by atoms with Gasteiger partial charge in [-0.15, -0.1) is 0 Å². The van der Waals surface area contributed by atoms with Gasteiger partial charge in [0.15, 0.2) is 5.96 Å². The summed E-state index contributed by atoms with van der Waals surface area (Å²) in [5.41, 5.74) is 12.8. The topological polar surface area (TPSA) is 109 Å². The average Bonchev–Trinajstić information content (AvgIpc) is 2.55. The van der Waals surface area contributed by atoms with Gasteiger partial charge in [0, 0.05) is 25.7 Å². The van der Waals surface area contributed by atoms with Gasteiger partial charge < -0.3 is 31.3 Å². The van der Waals surface area contributed by atoms with Crippen molar-refractivity contribution in [2.45, 2.75) is 6.92 Å². The third kappa shape index (κ3) is 6.00. The lowest BCUT2D eigenvalue weighted by Gasteiger charge is -2.28. The molecule has 0 radical (unpaired) electrons. The standard InChI is InChI=1S/C17H28N6O2/c1-6-16(24)20-12-10-13(21-17(18)19)15(25-5)11-14(12)23(7-2)9-8-22(3)4/h6,10-11H,1,7-9H2,2-5H3,(H,20,24)(H4,18,19,21). The van der Waals surface area contributed by atoms with Crippen LogP contribution >= 0.6 is 0 Å². The van der Waals surface area contributed by atoms with Crippen LogP contribution in [0.15, 0.2) is 29.8 Å². The van der Waals surface area contributed by atoms with E-state index < -0.39 is 0 Å². The van der Waals surface area contributed by atoms with Crippen molar-refractivity contribution in [1.29, 1.82) is 0 Å². The number of carbonyl (C=O) groups is 1. The van der Waals surface area contributed by atoms with E-state index >= 15 is 0 Å². The van der Waals surface area contributed by atoms with Crippen LogP contribution in [0, 0.1) is 0 Å². The summed E-state index contributed by atoms with van der Waals surface area (Å²) in [6.07, 6.45) is 1.21. The van der Waals surface area contributed by atoms with Crippen LogP contribution in [0.4, 0.5) is 17.1 Å². The van der Waals surface area contributed by atoms with Gasteiger partial charge in [0.05, 0.1) is 18.5 Å². The zero-order valence-electron chi connectivity index (χ0n) is 15.4. The maximum atomic E-state index is 11.8. The molecule has 138 valence electrons.